The van der Waals surface area contributed by atoms with Crippen molar-refractivity contribution in [3.05, 3.63) is 60.9 Å². The normalized spacial score (nSPS) is 15.2. The van der Waals surface area contributed by atoms with Gasteiger partial charge in [0.05, 0.1) is 0 Å². The van der Waals surface area contributed by atoms with Crippen molar-refractivity contribution in [2.24, 2.45) is 5.92 Å². The fraction of sp³-hybridized carbons (Fsp3) is 0.316. The summed E-state index contributed by atoms with van der Waals surface area (Å²) >= 11 is 0. The van der Waals surface area contributed by atoms with Crippen molar-refractivity contribution in [1.82, 2.24) is 29.6 Å². The minimum Gasteiger partial charge on any atom is -0.337 e. The van der Waals surface area contributed by atoms with E-state index in [9.17, 15) is 4.79 Å². The van der Waals surface area contributed by atoms with E-state index in [2.05, 4.69) is 20.2 Å². The highest BCUT2D eigenvalue weighted by molar-refractivity contribution is 5.92. The number of hydrogen-bond acceptors (Lipinski definition) is 5. The zero-order valence-electron chi connectivity index (χ0n) is 14.4. The third-order valence-corrected chi connectivity index (χ3v) is 4.74. The second kappa shape index (κ2) is 7.43. The fourth-order valence-corrected chi connectivity index (χ4v) is 3.30. The highest BCUT2D eigenvalue weighted by Gasteiger charge is 2.25. The highest BCUT2D eigenvalue weighted by Crippen LogP contribution is 2.21. The smallest absolute Gasteiger partial charge is 0.272 e. The van der Waals surface area contributed by atoms with Gasteiger partial charge in [-0.25, -0.2) is 9.97 Å². The number of piperidine rings is 1. The molecule has 1 aliphatic rings. The summed E-state index contributed by atoms with van der Waals surface area (Å²) in [7, 11) is 0. The molecule has 1 aromatic carbocycles. The van der Waals surface area contributed by atoms with Crippen molar-refractivity contribution in [3.8, 4) is 11.4 Å². The lowest BCUT2D eigenvalue weighted by molar-refractivity contribution is 0.0677. The van der Waals surface area contributed by atoms with Gasteiger partial charge >= 0.3 is 0 Å². The lowest BCUT2D eigenvalue weighted by Crippen LogP contribution is -2.39. The van der Waals surface area contributed by atoms with Crippen LogP contribution in [0.5, 0.6) is 0 Å². The van der Waals surface area contributed by atoms with Crippen molar-refractivity contribution in [3.63, 3.8) is 0 Å². The number of likely N-dealkylation sites (tertiary alicyclic amines) is 1. The molecule has 2 aromatic heterocycles. The molecule has 0 bridgehead atoms. The van der Waals surface area contributed by atoms with Crippen molar-refractivity contribution in [2.75, 3.05) is 13.1 Å². The Labute approximate surface area is 151 Å². The van der Waals surface area contributed by atoms with Crippen LogP contribution in [0.1, 0.15) is 23.3 Å². The first-order valence-electron chi connectivity index (χ1n) is 8.80. The van der Waals surface area contributed by atoms with Crippen LogP contribution < -0.4 is 0 Å². The molecule has 4 rings (SSSR count). The van der Waals surface area contributed by atoms with Crippen molar-refractivity contribution in [2.45, 2.75) is 19.4 Å². The van der Waals surface area contributed by atoms with E-state index in [0.717, 1.165) is 38.0 Å². The maximum Gasteiger partial charge on any atom is 0.272 e. The minimum atomic E-state index is -0.0210. The quantitative estimate of drug-likeness (QED) is 0.723. The minimum absolute atomic E-state index is 0.0210. The van der Waals surface area contributed by atoms with E-state index in [1.807, 2.05) is 39.8 Å². The van der Waals surface area contributed by atoms with Gasteiger partial charge in [0, 0.05) is 31.4 Å². The molecule has 0 atom stereocenters. The van der Waals surface area contributed by atoms with Crippen LogP contribution in [0, 0.1) is 5.92 Å². The van der Waals surface area contributed by atoms with Gasteiger partial charge in [0.15, 0.2) is 5.82 Å². The first kappa shape index (κ1) is 16.4. The number of aromatic nitrogens is 5. The van der Waals surface area contributed by atoms with E-state index in [4.69, 9.17) is 0 Å². The number of hydrogen-bond donors (Lipinski definition) is 0. The molecule has 26 heavy (non-hydrogen) atoms. The third-order valence-electron chi connectivity index (χ3n) is 4.74. The second-order valence-electron chi connectivity index (χ2n) is 6.53. The lowest BCUT2D eigenvalue weighted by Gasteiger charge is -2.31. The van der Waals surface area contributed by atoms with Crippen LogP contribution in [-0.2, 0) is 6.54 Å². The monoisotopic (exact) mass is 348 g/mol. The van der Waals surface area contributed by atoms with Crippen LogP contribution in [0.25, 0.3) is 11.4 Å². The molecular formula is C19H20N6O. The summed E-state index contributed by atoms with van der Waals surface area (Å²) in [6.45, 7) is 2.40. The van der Waals surface area contributed by atoms with Crippen molar-refractivity contribution >= 4 is 5.91 Å². The molecule has 1 fully saturated rings. The Kier molecular flexibility index (Phi) is 4.68. The fourth-order valence-electron chi connectivity index (χ4n) is 3.30. The SMILES string of the molecule is O=C(c1ccnc(-c2ccccc2)n1)N1CCC(Cn2cnnc2)CC1. The lowest BCUT2D eigenvalue weighted by atomic mass is 9.96. The number of rotatable bonds is 4. The molecule has 7 heteroatoms. The van der Waals surface area contributed by atoms with Crippen molar-refractivity contribution in [1.29, 1.82) is 0 Å². The highest BCUT2D eigenvalue weighted by atomic mass is 16.2. The van der Waals surface area contributed by atoms with E-state index >= 15 is 0 Å². The summed E-state index contributed by atoms with van der Waals surface area (Å²) in [5.41, 5.74) is 1.37. The van der Waals surface area contributed by atoms with E-state index in [0.29, 0.717) is 17.4 Å². The van der Waals surface area contributed by atoms with Crippen LogP contribution in [-0.4, -0.2) is 48.6 Å². The van der Waals surface area contributed by atoms with Gasteiger partial charge in [-0.1, -0.05) is 30.3 Å². The molecule has 0 saturated carbocycles. The Morgan fingerprint density at radius 2 is 1.77 bits per heavy atom. The largest absolute Gasteiger partial charge is 0.337 e. The second-order valence-corrected chi connectivity index (χ2v) is 6.53. The third kappa shape index (κ3) is 3.61. The zero-order chi connectivity index (χ0) is 17.8. The van der Waals surface area contributed by atoms with Crippen LogP contribution >= 0.6 is 0 Å². The molecule has 0 radical (unpaired) electrons. The van der Waals surface area contributed by atoms with Crippen molar-refractivity contribution < 1.29 is 4.79 Å². The molecule has 7 nitrogen and oxygen atoms in total. The Morgan fingerprint density at radius 1 is 1.04 bits per heavy atom. The average molecular weight is 348 g/mol. The van der Waals surface area contributed by atoms with Crippen LogP contribution in [0.4, 0.5) is 0 Å². The number of nitrogens with zero attached hydrogens (tertiary/aromatic N) is 6. The molecular weight excluding hydrogens is 328 g/mol. The molecule has 1 aliphatic heterocycles. The Bertz CT molecular complexity index is 857. The molecule has 0 aliphatic carbocycles. The van der Waals surface area contributed by atoms with E-state index in [1.165, 1.54) is 0 Å². The van der Waals surface area contributed by atoms with Crippen LogP contribution in [0.2, 0.25) is 0 Å². The maximum atomic E-state index is 12.8. The molecule has 0 N–H and O–H groups in total. The summed E-state index contributed by atoms with van der Waals surface area (Å²) in [6, 6.07) is 11.4. The molecule has 132 valence electrons. The summed E-state index contributed by atoms with van der Waals surface area (Å²) in [6.07, 6.45) is 7.08. The van der Waals surface area contributed by atoms with E-state index in [1.54, 1.807) is 24.9 Å². The maximum absolute atomic E-state index is 12.8. The molecule has 0 spiro atoms. The van der Waals surface area contributed by atoms with Crippen LogP contribution in [0.3, 0.4) is 0 Å². The first-order chi connectivity index (χ1) is 12.8. The molecule has 1 amide bonds. The number of carbonyl (C=O) groups excluding carboxylic acids is 1. The summed E-state index contributed by atoms with van der Waals surface area (Å²) in [4.78, 5) is 23.5. The number of carbonyl (C=O) groups is 1. The standard InChI is InChI=1S/C19H20N6O/c26-19(17-6-9-20-18(23-17)16-4-2-1-3-5-16)25-10-7-15(8-11-25)12-24-13-21-22-14-24/h1-6,9,13-15H,7-8,10-12H2. The predicted molar refractivity (Wildman–Crippen MR) is 96.1 cm³/mol. The van der Waals surface area contributed by atoms with Gasteiger partial charge in [0.2, 0.25) is 0 Å². The van der Waals surface area contributed by atoms with Gasteiger partial charge in [-0.05, 0) is 24.8 Å². The summed E-state index contributed by atoms with van der Waals surface area (Å²) < 4.78 is 2.00. The molecule has 3 aromatic rings. The summed E-state index contributed by atoms with van der Waals surface area (Å²) in [5, 5.41) is 7.68. The molecule has 0 unspecified atom stereocenters. The van der Waals surface area contributed by atoms with Gasteiger partial charge in [-0.3, -0.25) is 4.79 Å². The van der Waals surface area contributed by atoms with Gasteiger partial charge in [0.1, 0.15) is 18.3 Å². The topological polar surface area (TPSA) is 76.8 Å². The van der Waals surface area contributed by atoms with Gasteiger partial charge in [0.25, 0.3) is 5.91 Å². The number of benzene rings is 1. The average Bonchev–Trinajstić information content (AvgIpc) is 3.22. The zero-order valence-corrected chi connectivity index (χ0v) is 14.4. The van der Waals surface area contributed by atoms with Gasteiger partial charge in [-0.15, -0.1) is 10.2 Å². The molecule has 3 heterocycles. The van der Waals surface area contributed by atoms with E-state index < -0.39 is 0 Å². The molecule has 1 saturated heterocycles. The Balaban J connectivity index is 1.41. The first-order valence-corrected chi connectivity index (χ1v) is 8.80. The Hall–Kier alpha value is -3.09. The van der Waals surface area contributed by atoms with E-state index in [-0.39, 0.29) is 5.91 Å². The predicted octanol–water partition coefficient (Wildman–Crippen LogP) is 2.29. The van der Waals surface area contributed by atoms with Crippen LogP contribution in [0.15, 0.2) is 55.2 Å². The van der Waals surface area contributed by atoms with Gasteiger partial charge < -0.3 is 9.47 Å². The number of amides is 1. The Morgan fingerprint density at radius 3 is 2.50 bits per heavy atom. The van der Waals surface area contributed by atoms with Gasteiger partial charge in [-0.2, -0.15) is 0 Å². The summed E-state index contributed by atoms with van der Waals surface area (Å²) in [5.74, 6) is 1.10.